The van der Waals surface area contributed by atoms with E-state index in [1.54, 1.807) is 36.4 Å². The molecule has 6 rings (SSSR count). The van der Waals surface area contributed by atoms with Crippen molar-refractivity contribution in [2.45, 2.75) is 5.54 Å². The topological polar surface area (TPSA) is 80.7 Å². The molecule has 0 unspecified atom stereocenters. The van der Waals surface area contributed by atoms with Crippen LogP contribution in [0, 0.1) is 24.0 Å². The molecule has 41 heavy (non-hydrogen) atoms. The Labute approximate surface area is 243 Å². The van der Waals surface area contributed by atoms with Crippen molar-refractivity contribution in [1.29, 1.82) is 0 Å². The number of amides is 1. The average Bonchev–Trinajstić information content (AvgIpc) is 2.98. The van der Waals surface area contributed by atoms with Crippen molar-refractivity contribution in [3.05, 3.63) is 65.9 Å². The van der Waals surface area contributed by atoms with Crippen LogP contribution >= 0.6 is 15.9 Å². The van der Waals surface area contributed by atoms with Crippen molar-refractivity contribution in [1.82, 2.24) is 19.9 Å². The van der Waals surface area contributed by atoms with Crippen molar-refractivity contribution in [3.63, 3.8) is 0 Å². The van der Waals surface area contributed by atoms with E-state index < -0.39 is 17.2 Å². The van der Waals surface area contributed by atoms with E-state index in [-0.39, 0.29) is 28.7 Å². The van der Waals surface area contributed by atoms with E-state index in [2.05, 4.69) is 36.8 Å². The van der Waals surface area contributed by atoms with Gasteiger partial charge in [-0.3, -0.25) is 9.78 Å². The summed E-state index contributed by atoms with van der Waals surface area (Å²) in [5.74, 6) is 1.46. The molecule has 2 aromatic heterocycles. The molecule has 0 saturated carbocycles. The maximum absolute atomic E-state index is 16.3. The van der Waals surface area contributed by atoms with Crippen LogP contribution in [0.2, 0.25) is 0 Å². The third-order valence-electron chi connectivity index (χ3n) is 7.53. The van der Waals surface area contributed by atoms with Crippen LogP contribution in [0.1, 0.15) is 5.56 Å². The average molecular weight is 620 g/mol. The number of halogens is 3. The van der Waals surface area contributed by atoms with E-state index in [0.717, 1.165) is 0 Å². The van der Waals surface area contributed by atoms with Crippen LogP contribution in [0.5, 0.6) is 6.01 Å². The number of alkyl halides is 1. The molecule has 4 aromatic rings. The molecule has 208 valence electrons. The lowest BCUT2D eigenvalue weighted by atomic mass is 9.91. The fourth-order valence-corrected chi connectivity index (χ4v) is 5.74. The van der Waals surface area contributed by atoms with E-state index in [4.69, 9.17) is 15.9 Å². The Balaban J connectivity index is 1.46. The Hall–Kier alpha value is -4.14. The molecular formula is C30H24BrF2N5O3. The zero-order valence-electron chi connectivity index (χ0n) is 22.0. The fourth-order valence-electron chi connectivity index (χ4n) is 5.56. The molecule has 8 nitrogen and oxygen atoms in total. The number of ether oxygens (including phenoxy) is 2. The second-order valence-electron chi connectivity index (χ2n) is 9.87. The number of anilines is 1. The summed E-state index contributed by atoms with van der Waals surface area (Å²) in [4.78, 5) is 30.1. The summed E-state index contributed by atoms with van der Waals surface area (Å²) in [7, 11) is 1.41. The Bertz CT molecular complexity index is 1770. The summed E-state index contributed by atoms with van der Waals surface area (Å²) in [5, 5.41) is 2.01. The Morgan fingerprint density at radius 1 is 1.24 bits per heavy atom. The highest BCUT2D eigenvalue weighted by molar-refractivity contribution is 9.09. The smallest absolute Gasteiger partial charge is 0.318 e. The highest BCUT2D eigenvalue weighted by Crippen LogP contribution is 2.38. The number of carbonyl (C=O) groups is 1. The first-order valence-electron chi connectivity index (χ1n) is 12.9. The van der Waals surface area contributed by atoms with E-state index in [9.17, 15) is 9.18 Å². The van der Waals surface area contributed by atoms with Crippen LogP contribution in [-0.4, -0.2) is 76.6 Å². The molecule has 0 N–H and O–H groups in total. The van der Waals surface area contributed by atoms with Gasteiger partial charge in [0.05, 0.1) is 31.3 Å². The number of hydrogen-bond acceptors (Lipinski definition) is 7. The van der Waals surface area contributed by atoms with Crippen molar-refractivity contribution in [2.75, 3.05) is 50.2 Å². The maximum atomic E-state index is 16.3. The monoisotopic (exact) mass is 619 g/mol. The zero-order chi connectivity index (χ0) is 28.7. The van der Waals surface area contributed by atoms with Gasteiger partial charge in [0.25, 0.3) is 0 Å². The zero-order valence-corrected chi connectivity index (χ0v) is 23.6. The molecule has 0 radical (unpaired) electrons. The third-order valence-corrected chi connectivity index (χ3v) is 7.90. The normalized spacial score (nSPS) is 16.4. The minimum atomic E-state index is -0.709. The van der Waals surface area contributed by atoms with Gasteiger partial charge in [-0.25, -0.2) is 8.78 Å². The van der Waals surface area contributed by atoms with Gasteiger partial charge in [-0.05, 0) is 17.5 Å². The van der Waals surface area contributed by atoms with Crippen LogP contribution < -0.4 is 9.64 Å². The van der Waals surface area contributed by atoms with Crippen LogP contribution in [0.3, 0.4) is 0 Å². The van der Waals surface area contributed by atoms with Crippen molar-refractivity contribution >= 4 is 49.3 Å². The summed E-state index contributed by atoms with van der Waals surface area (Å²) in [6, 6.07) is 8.04. The van der Waals surface area contributed by atoms with Crippen molar-refractivity contribution < 1.29 is 23.0 Å². The van der Waals surface area contributed by atoms with Crippen LogP contribution in [0.15, 0.2) is 48.7 Å². The van der Waals surface area contributed by atoms with Gasteiger partial charge in [-0.1, -0.05) is 52.2 Å². The van der Waals surface area contributed by atoms with Crippen LogP contribution in [0.25, 0.3) is 32.9 Å². The van der Waals surface area contributed by atoms with Gasteiger partial charge in [-0.2, -0.15) is 9.97 Å². The summed E-state index contributed by atoms with van der Waals surface area (Å²) < 4.78 is 41.9. The predicted molar refractivity (Wildman–Crippen MR) is 155 cm³/mol. The van der Waals surface area contributed by atoms with E-state index in [1.807, 2.05) is 9.80 Å². The molecular weight excluding hydrogens is 596 g/mol. The van der Waals surface area contributed by atoms with E-state index in [0.29, 0.717) is 65.7 Å². The van der Waals surface area contributed by atoms with Crippen molar-refractivity contribution in [2.24, 2.45) is 0 Å². The van der Waals surface area contributed by atoms with Gasteiger partial charge >= 0.3 is 6.01 Å². The van der Waals surface area contributed by atoms with Gasteiger partial charge in [0.15, 0.2) is 5.82 Å². The third kappa shape index (κ3) is 4.47. The Kier molecular flexibility index (Phi) is 7.05. The van der Waals surface area contributed by atoms with Gasteiger partial charge in [0, 0.05) is 42.1 Å². The fraction of sp³-hybridized carbons (Fsp3) is 0.267. The summed E-state index contributed by atoms with van der Waals surface area (Å²) in [6.45, 7) is 2.05. The van der Waals surface area contributed by atoms with Gasteiger partial charge < -0.3 is 19.3 Å². The summed E-state index contributed by atoms with van der Waals surface area (Å²) in [6.07, 6.45) is 10.5. The predicted octanol–water partition coefficient (Wildman–Crippen LogP) is 4.48. The van der Waals surface area contributed by atoms with E-state index in [1.165, 1.54) is 19.4 Å². The van der Waals surface area contributed by atoms with Gasteiger partial charge in [0.1, 0.15) is 28.4 Å². The SMILES string of the molecule is C#Cc1c(F)ccc2cccc(-c3ncc4c(N5CCN(C(=O)/C=C/CBr)C6(COC6)C5)nc(OC)nc4c3F)c12. The maximum Gasteiger partial charge on any atom is 0.318 e. The first-order valence-corrected chi connectivity index (χ1v) is 14.0. The molecule has 2 saturated heterocycles. The van der Waals surface area contributed by atoms with E-state index >= 15 is 4.39 Å². The number of terminal acetylenes is 1. The highest BCUT2D eigenvalue weighted by Gasteiger charge is 2.50. The number of carbonyl (C=O) groups excluding carboxylic acids is 1. The largest absolute Gasteiger partial charge is 0.467 e. The molecule has 2 aromatic carbocycles. The lowest BCUT2D eigenvalue weighted by molar-refractivity contribution is -0.164. The molecule has 2 aliphatic rings. The molecule has 1 amide bonds. The first kappa shape index (κ1) is 27.1. The summed E-state index contributed by atoms with van der Waals surface area (Å²) in [5.41, 5.74) is -0.171. The number of hydrogen-bond donors (Lipinski definition) is 0. The molecule has 0 bridgehead atoms. The number of piperazine rings is 1. The number of benzene rings is 2. The van der Waals surface area contributed by atoms with Gasteiger partial charge in [0.2, 0.25) is 5.91 Å². The summed E-state index contributed by atoms with van der Waals surface area (Å²) >= 11 is 3.31. The number of fused-ring (bicyclic) bond motifs is 2. The van der Waals surface area contributed by atoms with Crippen LogP contribution in [-0.2, 0) is 9.53 Å². The highest BCUT2D eigenvalue weighted by atomic mass is 79.9. The number of nitrogens with zero attached hydrogens (tertiary/aromatic N) is 5. The minimum Gasteiger partial charge on any atom is -0.467 e. The van der Waals surface area contributed by atoms with Crippen LogP contribution in [0.4, 0.5) is 14.6 Å². The first-order chi connectivity index (χ1) is 19.9. The molecule has 2 fully saturated rings. The minimum absolute atomic E-state index is 0.00480. The number of allylic oxidation sites excluding steroid dienone is 1. The molecule has 1 spiro atoms. The number of rotatable bonds is 5. The lowest BCUT2D eigenvalue weighted by Gasteiger charge is -2.55. The standard InChI is InChI=1S/C30H24BrF2N5O3/c1-3-19-22(32)10-9-18-6-4-7-20(24(18)19)26-25(33)27-21(14-34-26)28(36-29(35-27)40-2)37-12-13-38(23(39)8-5-11-31)30(15-37)16-41-17-30/h1,4-10,14H,11-13,15-17H2,2H3/b8-5+. The molecule has 2 aliphatic heterocycles. The molecule has 0 atom stereocenters. The Morgan fingerprint density at radius 2 is 2.07 bits per heavy atom. The number of aromatic nitrogens is 3. The Morgan fingerprint density at radius 3 is 2.78 bits per heavy atom. The lowest BCUT2D eigenvalue weighted by Crippen LogP contribution is -2.72. The second-order valence-corrected chi connectivity index (χ2v) is 10.5. The van der Waals surface area contributed by atoms with Crippen molar-refractivity contribution in [3.8, 4) is 29.6 Å². The van der Waals surface area contributed by atoms with Gasteiger partial charge in [-0.15, -0.1) is 6.42 Å². The molecule has 11 heteroatoms. The second kappa shape index (κ2) is 10.7. The number of methoxy groups -OCH3 is 1. The molecule has 4 heterocycles. The molecule has 0 aliphatic carbocycles. The quantitative estimate of drug-likeness (QED) is 0.185. The number of pyridine rings is 1.